The van der Waals surface area contributed by atoms with E-state index in [1.807, 2.05) is 6.92 Å². The molecule has 92 valence electrons. The van der Waals surface area contributed by atoms with Crippen LogP contribution in [-0.4, -0.2) is 28.9 Å². The van der Waals surface area contributed by atoms with Gasteiger partial charge in [-0.05, 0) is 6.42 Å². The maximum absolute atomic E-state index is 11.5. The third-order valence-corrected chi connectivity index (χ3v) is 2.54. The average molecular weight is 230 g/mol. The van der Waals surface area contributed by atoms with E-state index in [9.17, 15) is 9.59 Å². The van der Waals surface area contributed by atoms with Crippen LogP contribution in [0.3, 0.4) is 0 Å². The summed E-state index contributed by atoms with van der Waals surface area (Å²) in [5.41, 5.74) is 0. The van der Waals surface area contributed by atoms with Crippen LogP contribution in [-0.2, 0) is 19.1 Å². The summed E-state index contributed by atoms with van der Waals surface area (Å²) in [6.07, 6.45) is 1.10. The van der Waals surface area contributed by atoms with Gasteiger partial charge in [0.25, 0.3) is 0 Å². The van der Waals surface area contributed by atoms with Gasteiger partial charge in [-0.25, -0.2) is 4.79 Å². The fourth-order valence-electron chi connectivity index (χ4n) is 1.75. The molecule has 0 saturated carbocycles. The third-order valence-electron chi connectivity index (χ3n) is 2.54. The van der Waals surface area contributed by atoms with Gasteiger partial charge in [0.1, 0.15) is 0 Å². The number of carbonyl (C=O) groups excluding carboxylic acids is 1. The maximum atomic E-state index is 11.5. The highest BCUT2D eigenvalue weighted by atomic mass is 16.8. The Labute approximate surface area is 94.7 Å². The summed E-state index contributed by atoms with van der Waals surface area (Å²) in [7, 11) is 0. The van der Waals surface area contributed by atoms with Crippen molar-refractivity contribution in [2.75, 3.05) is 0 Å². The number of cyclic esters (lactones) is 1. The first-order valence-corrected chi connectivity index (χ1v) is 5.51. The van der Waals surface area contributed by atoms with Gasteiger partial charge >= 0.3 is 11.9 Å². The molecule has 1 aliphatic rings. The minimum Gasteiger partial charge on any atom is -0.481 e. The van der Waals surface area contributed by atoms with Crippen LogP contribution >= 0.6 is 0 Å². The number of rotatable bonds is 5. The van der Waals surface area contributed by atoms with Crippen LogP contribution in [0.25, 0.3) is 0 Å². The predicted octanol–water partition coefficient (Wildman–Crippen LogP) is 1.56. The largest absolute Gasteiger partial charge is 0.481 e. The number of aliphatic carboxylic acids is 1. The maximum Gasteiger partial charge on any atom is 0.338 e. The number of ether oxygens (including phenoxy) is 2. The van der Waals surface area contributed by atoms with Gasteiger partial charge < -0.3 is 14.6 Å². The molecule has 1 unspecified atom stereocenters. The van der Waals surface area contributed by atoms with Gasteiger partial charge in [0.2, 0.25) is 5.79 Å². The van der Waals surface area contributed by atoms with Crippen molar-refractivity contribution in [2.45, 2.75) is 51.9 Å². The highest BCUT2D eigenvalue weighted by molar-refractivity contribution is 5.84. The molecular weight excluding hydrogens is 212 g/mol. The molecule has 5 heteroatoms. The summed E-state index contributed by atoms with van der Waals surface area (Å²) < 4.78 is 10.3. The molecular formula is C11H18O5. The van der Waals surface area contributed by atoms with Crippen molar-refractivity contribution in [2.24, 2.45) is 5.92 Å². The summed E-state index contributed by atoms with van der Waals surface area (Å²) in [4.78, 5) is 22.5. The Bertz CT molecular complexity index is 284. The number of hydrogen-bond acceptors (Lipinski definition) is 4. The predicted molar refractivity (Wildman–Crippen MR) is 55.7 cm³/mol. The van der Waals surface area contributed by atoms with E-state index in [-0.39, 0.29) is 0 Å². The topological polar surface area (TPSA) is 72.8 Å². The van der Waals surface area contributed by atoms with Gasteiger partial charge in [-0.15, -0.1) is 0 Å². The SMILES string of the molecule is CCCC[C@@H](C(=O)O)C1OC(C)(C)OC1=O. The van der Waals surface area contributed by atoms with E-state index in [4.69, 9.17) is 14.6 Å². The van der Waals surface area contributed by atoms with Crippen molar-refractivity contribution in [1.29, 1.82) is 0 Å². The van der Waals surface area contributed by atoms with E-state index in [1.54, 1.807) is 13.8 Å². The fourth-order valence-corrected chi connectivity index (χ4v) is 1.75. The molecule has 0 aromatic heterocycles. The highest BCUT2D eigenvalue weighted by Crippen LogP contribution is 2.30. The lowest BCUT2D eigenvalue weighted by Gasteiger charge is -2.18. The molecule has 5 nitrogen and oxygen atoms in total. The molecule has 1 saturated heterocycles. The number of carboxylic acids is 1. The van der Waals surface area contributed by atoms with Crippen molar-refractivity contribution in [3.05, 3.63) is 0 Å². The number of unbranched alkanes of at least 4 members (excludes halogenated alkanes) is 1. The lowest BCUT2D eigenvalue weighted by molar-refractivity contribution is -0.163. The Morgan fingerprint density at radius 2 is 2.19 bits per heavy atom. The molecule has 16 heavy (non-hydrogen) atoms. The highest BCUT2D eigenvalue weighted by Gasteiger charge is 2.47. The molecule has 0 spiro atoms. The van der Waals surface area contributed by atoms with E-state index in [1.165, 1.54) is 0 Å². The first kappa shape index (κ1) is 13.0. The van der Waals surface area contributed by atoms with E-state index in [2.05, 4.69) is 0 Å². The molecule has 1 N–H and O–H groups in total. The second-order valence-electron chi connectivity index (χ2n) is 4.45. The number of hydrogen-bond donors (Lipinski definition) is 1. The zero-order chi connectivity index (χ0) is 12.3. The Hall–Kier alpha value is -1.10. The van der Waals surface area contributed by atoms with E-state index >= 15 is 0 Å². The first-order valence-electron chi connectivity index (χ1n) is 5.51. The summed E-state index contributed by atoms with van der Waals surface area (Å²) in [6.45, 7) is 5.17. The van der Waals surface area contributed by atoms with Crippen molar-refractivity contribution in [3.63, 3.8) is 0 Å². The molecule has 0 aromatic rings. The van der Waals surface area contributed by atoms with Crippen LogP contribution in [0.1, 0.15) is 40.0 Å². The van der Waals surface area contributed by atoms with Gasteiger partial charge in [0.05, 0.1) is 5.92 Å². The summed E-state index contributed by atoms with van der Waals surface area (Å²) >= 11 is 0. The van der Waals surface area contributed by atoms with Crippen LogP contribution in [0.2, 0.25) is 0 Å². The van der Waals surface area contributed by atoms with Crippen molar-refractivity contribution >= 4 is 11.9 Å². The monoisotopic (exact) mass is 230 g/mol. The molecule has 1 heterocycles. The minimum atomic E-state index is -1.01. The second kappa shape index (κ2) is 4.82. The molecule has 0 aromatic carbocycles. The number of esters is 1. The van der Waals surface area contributed by atoms with Gasteiger partial charge in [0, 0.05) is 13.8 Å². The standard InChI is InChI=1S/C11H18O5/c1-4-5-6-7(9(12)13)8-10(14)16-11(2,3)15-8/h7-8H,4-6H2,1-3H3,(H,12,13)/t7-,8?/m1/s1. The van der Waals surface area contributed by atoms with Crippen molar-refractivity contribution in [1.82, 2.24) is 0 Å². The van der Waals surface area contributed by atoms with Crippen LogP contribution in [0, 0.1) is 5.92 Å². The molecule has 1 fully saturated rings. The summed E-state index contributed by atoms with van der Waals surface area (Å²) in [6, 6.07) is 0. The van der Waals surface area contributed by atoms with E-state index in [0.29, 0.717) is 6.42 Å². The molecule has 0 aliphatic carbocycles. The molecule has 1 rings (SSSR count). The van der Waals surface area contributed by atoms with Crippen molar-refractivity contribution in [3.8, 4) is 0 Å². The average Bonchev–Trinajstić information content (AvgIpc) is 2.40. The number of carboxylic acid groups (broad SMARTS) is 1. The van der Waals surface area contributed by atoms with Crippen molar-refractivity contribution < 1.29 is 24.2 Å². The Balaban J connectivity index is 2.72. The van der Waals surface area contributed by atoms with Crippen LogP contribution in [0.4, 0.5) is 0 Å². The quantitative estimate of drug-likeness (QED) is 0.725. The molecule has 0 radical (unpaired) electrons. The van der Waals surface area contributed by atoms with Crippen LogP contribution in [0.5, 0.6) is 0 Å². The smallest absolute Gasteiger partial charge is 0.338 e. The lowest BCUT2D eigenvalue weighted by Crippen LogP contribution is -2.34. The second-order valence-corrected chi connectivity index (χ2v) is 4.45. The molecule has 0 bridgehead atoms. The zero-order valence-corrected chi connectivity index (χ0v) is 9.86. The van der Waals surface area contributed by atoms with Crippen LogP contribution in [0.15, 0.2) is 0 Å². The third kappa shape index (κ3) is 2.95. The van der Waals surface area contributed by atoms with Gasteiger partial charge in [-0.1, -0.05) is 19.8 Å². The van der Waals surface area contributed by atoms with Crippen LogP contribution < -0.4 is 0 Å². The zero-order valence-electron chi connectivity index (χ0n) is 9.86. The Morgan fingerprint density at radius 3 is 2.56 bits per heavy atom. The minimum absolute atomic E-state index is 0.432. The van der Waals surface area contributed by atoms with Gasteiger partial charge in [-0.3, -0.25) is 4.79 Å². The number of carbonyl (C=O) groups is 2. The summed E-state index contributed by atoms with van der Waals surface area (Å²) in [5, 5.41) is 9.06. The Kier molecular flexibility index (Phi) is 3.91. The van der Waals surface area contributed by atoms with E-state index in [0.717, 1.165) is 12.8 Å². The fraction of sp³-hybridized carbons (Fsp3) is 0.818. The lowest BCUT2D eigenvalue weighted by atomic mass is 9.96. The van der Waals surface area contributed by atoms with Gasteiger partial charge in [0.15, 0.2) is 6.10 Å². The molecule has 0 amide bonds. The van der Waals surface area contributed by atoms with Gasteiger partial charge in [-0.2, -0.15) is 0 Å². The normalized spacial score (nSPS) is 25.2. The Morgan fingerprint density at radius 1 is 1.56 bits per heavy atom. The molecule has 2 atom stereocenters. The molecule has 1 aliphatic heterocycles. The van der Waals surface area contributed by atoms with E-state index < -0.39 is 29.7 Å². The summed E-state index contributed by atoms with van der Waals surface area (Å²) in [5.74, 6) is -3.40. The first-order chi connectivity index (χ1) is 7.37.